The van der Waals surface area contributed by atoms with Crippen molar-refractivity contribution in [3.63, 3.8) is 0 Å². The van der Waals surface area contributed by atoms with Crippen molar-refractivity contribution in [2.45, 2.75) is 13.8 Å². The number of esters is 1. The van der Waals surface area contributed by atoms with Gasteiger partial charge in [-0.25, -0.2) is 10.2 Å². The smallest absolute Gasteiger partial charge is 0.355 e. The molecule has 0 saturated heterocycles. The number of fused-ring (bicyclic) bond motifs is 1. The van der Waals surface area contributed by atoms with Gasteiger partial charge in [-0.3, -0.25) is 4.79 Å². The Kier molecular flexibility index (Phi) is 7.87. The van der Waals surface area contributed by atoms with E-state index in [1.807, 2.05) is 44.2 Å². The van der Waals surface area contributed by atoms with Gasteiger partial charge in [-0.1, -0.05) is 17.7 Å². The van der Waals surface area contributed by atoms with Gasteiger partial charge in [0.15, 0.2) is 6.61 Å². The number of benzene rings is 3. The van der Waals surface area contributed by atoms with Crippen LogP contribution in [0.3, 0.4) is 0 Å². The van der Waals surface area contributed by atoms with E-state index in [0.29, 0.717) is 32.7 Å². The molecular weight excluding hydrogens is 500 g/mol. The topological polar surface area (TPSA) is 86.2 Å². The average molecular weight is 523 g/mol. The molecule has 0 spiro atoms. The van der Waals surface area contributed by atoms with Crippen LogP contribution in [0.4, 0.5) is 0 Å². The highest BCUT2D eigenvalue weighted by Crippen LogP contribution is 2.37. The molecule has 1 amide bonds. The zero-order valence-electron chi connectivity index (χ0n) is 19.8. The number of hydrogen-bond acceptors (Lipinski definition) is 7. The van der Waals surface area contributed by atoms with Crippen molar-refractivity contribution < 1.29 is 23.8 Å². The van der Waals surface area contributed by atoms with Gasteiger partial charge in [-0.2, -0.15) is 5.10 Å². The predicted octanol–water partition coefficient (Wildman–Crippen LogP) is 5.93. The first-order chi connectivity index (χ1) is 17.3. The molecule has 4 rings (SSSR count). The number of methoxy groups -OCH3 is 1. The number of aryl methyl sites for hydroxylation is 2. The lowest BCUT2D eigenvalue weighted by atomic mass is 10.1. The summed E-state index contributed by atoms with van der Waals surface area (Å²) in [4.78, 5) is 25.0. The number of ether oxygens (including phenoxy) is 3. The molecular formula is C27H23ClN2O5S. The van der Waals surface area contributed by atoms with Gasteiger partial charge < -0.3 is 14.2 Å². The van der Waals surface area contributed by atoms with Gasteiger partial charge in [0.05, 0.1) is 18.3 Å². The lowest BCUT2D eigenvalue weighted by molar-refractivity contribution is -0.123. The fourth-order valence-electron chi connectivity index (χ4n) is 3.24. The molecule has 9 heteroatoms. The van der Waals surface area contributed by atoms with E-state index in [4.69, 9.17) is 25.8 Å². The summed E-state index contributed by atoms with van der Waals surface area (Å²) in [5.41, 5.74) is 5.37. The molecule has 0 atom stereocenters. The number of nitrogens with one attached hydrogen (secondary N) is 1. The summed E-state index contributed by atoms with van der Waals surface area (Å²) in [5, 5.41) is 5.05. The van der Waals surface area contributed by atoms with Crippen molar-refractivity contribution in [3.05, 3.63) is 87.3 Å². The molecule has 1 N–H and O–H groups in total. The molecule has 0 aliphatic carbocycles. The first-order valence-corrected chi connectivity index (χ1v) is 12.1. The van der Waals surface area contributed by atoms with Crippen molar-refractivity contribution in [1.82, 2.24) is 5.43 Å². The maximum atomic E-state index is 12.7. The average Bonchev–Trinajstić information content (AvgIpc) is 3.21. The van der Waals surface area contributed by atoms with E-state index in [1.165, 1.54) is 17.6 Å². The minimum Gasteiger partial charge on any atom is -0.497 e. The van der Waals surface area contributed by atoms with Crippen molar-refractivity contribution in [3.8, 4) is 17.2 Å². The second-order valence-electron chi connectivity index (χ2n) is 7.89. The lowest BCUT2D eigenvalue weighted by Gasteiger charge is -2.07. The van der Waals surface area contributed by atoms with E-state index in [1.54, 1.807) is 37.4 Å². The standard InChI is InChI=1S/C27H23ClN2O5S/c1-16-4-7-21(12-17(16)2)34-15-24(31)30-29-14-18-5-8-19(9-6-18)35-27(32)26-25(28)22-11-10-20(33-3)13-23(22)36-26/h4-14H,15H2,1-3H3,(H,30,31)/b29-14-. The Hall–Kier alpha value is -3.88. The normalized spacial score (nSPS) is 11.0. The third-order valence-electron chi connectivity index (χ3n) is 5.36. The largest absolute Gasteiger partial charge is 0.497 e. The van der Waals surface area contributed by atoms with Gasteiger partial charge >= 0.3 is 5.97 Å². The summed E-state index contributed by atoms with van der Waals surface area (Å²) in [7, 11) is 1.58. The van der Waals surface area contributed by atoms with E-state index in [9.17, 15) is 9.59 Å². The molecule has 1 heterocycles. The third kappa shape index (κ3) is 6.02. The molecule has 7 nitrogen and oxygen atoms in total. The fraction of sp³-hybridized carbons (Fsp3) is 0.148. The highest BCUT2D eigenvalue weighted by Gasteiger charge is 2.19. The molecule has 1 aromatic heterocycles. The molecule has 3 aromatic carbocycles. The van der Waals surface area contributed by atoms with Gasteiger partial charge in [0.25, 0.3) is 5.91 Å². The quantitative estimate of drug-likeness (QED) is 0.134. The summed E-state index contributed by atoms with van der Waals surface area (Å²) in [5.74, 6) is 0.737. The predicted molar refractivity (Wildman–Crippen MR) is 142 cm³/mol. The van der Waals surface area contributed by atoms with Crippen molar-refractivity contribution in [1.29, 1.82) is 0 Å². The Balaban J connectivity index is 1.30. The van der Waals surface area contributed by atoms with Gasteiger partial charge in [0.2, 0.25) is 0 Å². The van der Waals surface area contributed by atoms with Crippen LogP contribution >= 0.6 is 22.9 Å². The number of carbonyl (C=O) groups excluding carboxylic acids is 2. The third-order valence-corrected chi connectivity index (χ3v) is 7.00. The number of carbonyl (C=O) groups is 2. The molecule has 0 fully saturated rings. The van der Waals surface area contributed by atoms with Crippen molar-refractivity contribution >= 4 is 51.1 Å². The highest BCUT2D eigenvalue weighted by molar-refractivity contribution is 7.21. The van der Waals surface area contributed by atoms with E-state index >= 15 is 0 Å². The number of rotatable bonds is 8. The van der Waals surface area contributed by atoms with Crippen LogP contribution in [0.1, 0.15) is 26.4 Å². The number of hydrogen-bond donors (Lipinski definition) is 1. The van der Waals surface area contributed by atoms with Gasteiger partial charge in [-0.15, -0.1) is 11.3 Å². The SMILES string of the molecule is COc1ccc2c(Cl)c(C(=O)Oc3ccc(/C=N\NC(=O)COc4ccc(C)c(C)c4)cc3)sc2c1. The minimum absolute atomic E-state index is 0.151. The lowest BCUT2D eigenvalue weighted by Crippen LogP contribution is -2.24. The zero-order chi connectivity index (χ0) is 25.7. The number of thiophene rings is 1. The second-order valence-corrected chi connectivity index (χ2v) is 9.32. The Morgan fingerprint density at radius 1 is 0.972 bits per heavy atom. The zero-order valence-corrected chi connectivity index (χ0v) is 21.4. The van der Waals surface area contributed by atoms with Gasteiger partial charge in [0, 0.05) is 10.1 Å². The van der Waals surface area contributed by atoms with Gasteiger partial charge in [0.1, 0.15) is 22.1 Å². The molecule has 0 unspecified atom stereocenters. The van der Waals surface area contributed by atoms with Gasteiger partial charge in [-0.05, 0) is 85.1 Å². The number of amides is 1. The highest BCUT2D eigenvalue weighted by atomic mass is 35.5. The van der Waals surface area contributed by atoms with Crippen LogP contribution in [0.5, 0.6) is 17.2 Å². The van der Waals surface area contributed by atoms with E-state index in [0.717, 1.165) is 21.2 Å². The summed E-state index contributed by atoms with van der Waals surface area (Å²) in [6, 6.07) is 17.8. The van der Waals surface area contributed by atoms with Crippen LogP contribution < -0.4 is 19.6 Å². The Morgan fingerprint density at radius 3 is 2.42 bits per heavy atom. The molecule has 184 valence electrons. The first kappa shape index (κ1) is 25.2. The minimum atomic E-state index is -0.544. The number of nitrogens with zero attached hydrogens (tertiary/aromatic N) is 1. The molecule has 36 heavy (non-hydrogen) atoms. The van der Waals surface area contributed by atoms with Crippen molar-refractivity contribution in [2.75, 3.05) is 13.7 Å². The van der Waals surface area contributed by atoms with Crippen LogP contribution in [0, 0.1) is 13.8 Å². The monoisotopic (exact) mass is 522 g/mol. The maximum absolute atomic E-state index is 12.7. The Morgan fingerprint density at radius 2 is 1.69 bits per heavy atom. The second kappa shape index (κ2) is 11.2. The Labute approximate surface area is 217 Å². The van der Waals surface area contributed by atoms with Crippen LogP contribution in [-0.2, 0) is 4.79 Å². The van der Waals surface area contributed by atoms with Crippen LogP contribution in [0.15, 0.2) is 65.8 Å². The van der Waals surface area contributed by atoms with Crippen molar-refractivity contribution in [2.24, 2.45) is 5.10 Å². The molecule has 0 bridgehead atoms. The van der Waals surface area contributed by atoms with E-state index < -0.39 is 5.97 Å². The molecule has 0 radical (unpaired) electrons. The summed E-state index contributed by atoms with van der Waals surface area (Å²) in [6.45, 7) is 3.84. The molecule has 0 aliphatic rings. The molecule has 4 aromatic rings. The van der Waals surface area contributed by atoms with Crippen LogP contribution in [0.25, 0.3) is 10.1 Å². The van der Waals surface area contributed by atoms with E-state index in [-0.39, 0.29) is 12.5 Å². The number of hydrazone groups is 1. The van der Waals surface area contributed by atoms with Crippen LogP contribution in [0.2, 0.25) is 5.02 Å². The molecule has 0 saturated carbocycles. The summed E-state index contributed by atoms with van der Waals surface area (Å²) < 4.78 is 17.0. The summed E-state index contributed by atoms with van der Waals surface area (Å²) >= 11 is 7.64. The number of halogens is 1. The van der Waals surface area contributed by atoms with E-state index in [2.05, 4.69) is 10.5 Å². The Bertz CT molecular complexity index is 1450. The first-order valence-electron chi connectivity index (χ1n) is 10.9. The summed E-state index contributed by atoms with van der Waals surface area (Å²) in [6.07, 6.45) is 1.48. The van der Waals surface area contributed by atoms with Crippen LogP contribution in [-0.4, -0.2) is 31.8 Å². The fourth-order valence-corrected chi connectivity index (χ4v) is 4.66. The maximum Gasteiger partial charge on any atom is 0.355 e. The molecule has 0 aliphatic heterocycles.